The number of hydrogen-bond acceptors (Lipinski definition) is 4. The van der Waals surface area contributed by atoms with Crippen LogP contribution in [0.15, 0.2) is 36.5 Å². The van der Waals surface area contributed by atoms with Crippen LogP contribution >= 0.6 is 0 Å². The summed E-state index contributed by atoms with van der Waals surface area (Å²) >= 11 is -1.29. The van der Waals surface area contributed by atoms with Gasteiger partial charge in [-0.25, -0.2) is 4.39 Å². The zero-order valence-electron chi connectivity index (χ0n) is 14.6. The van der Waals surface area contributed by atoms with Gasteiger partial charge in [0, 0.05) is 22.6 Å². The van der Waals surface area contributed by atoms with E-state index in [1.54, 1.807) is 25.3 Å². The minimum Gasteiger partial charge on any atom is -0.598 e. The molecular weight excluding hydrogens is 327 g/mol. The van der Waals surface area contributed by atoms with Crippen LogP contribution in [0.2, 0.25) is 0 Å². The van der Waals surface area contributed by atoms with Crippen molar-refractivity contribution in [2.45, 2.75) is 45.4 Å². The quantitative estimate of drug-likeness (QED) is 0.810. The molecule has 0 spiro atoms. The highest BCUT2D eigenvalue weighted by Gasteiger charge is 2.29. The van der Waals surface area contributed by atoms with Crippen LogP contribution in [0.1, 0.15) is 45.0 Å². The summed E-state index contributed by atoms with van der Waals surface area (Å²) in [7, 11) is 0. The molecule has 0 saturated heterocycles. The van der Waals surface area contributed by atoms with E-state index in [1.165, 1.54) is 6.07 Å². The lowest BCUT2D eigenvalue weighted by Gasteiger charge is -2.26. The fourth-order valence-electron chi connectivity index (χ4n) is 1.97. The zero-order chi connectivity index (χ0) is 17.9. The number of aromatic nitrogens is 1. The predicted molar refractivity (Wildman–Crippen MR) is 94.9 cm³/mol. The smallest absolute Gasteiger partial charge is 0.145 e. The van der Waals surface area contributed by atoms with Crippen molar-refractivity contribution < 1.29 is 13.7 Å². The number of pyridine rings is 1. The first-order valence-corrected chi connectivity index (χ1v) is 8.90. The third kappa shape index (κ3) is 4.93. The predicted octanol–water partition coefficient (Wildman–Crippen LogP) is 4.43. The van der Waals surface area contributed by atoms with Gasteiger partial charge in [-0.15, -0.1) is 4.72 Å². The zero-order valence-corrected chi connectivity index (χ0v) is 15.4. The van der Waals surface area contributed by atoms with Crippen LogP contribution in [-0.2, 0) is 11.4 Å². The number of nitrogens with one attached hydrogen (secondary N) is 1. The van der Waals surface area contributed by atoms with Gasteiger partial charge in [0.1, 0.15) is 22.1 Å². The van der Waals surface area contributed by atoms with Crippen molar-refractivity contribution in [3.63, 3.8) is 0 Å². The minimum atomic E-state index is -1.29. The van der Waals surface area contributed by atoms with Gasteiger partial charge in [0.15, 0.2) is 0 Å². The number of rotatable bonds is 5. The molecule has 6 heteroatoms. The van der Waals surface area contributed by atoms with Crippen LogP contribution in [0, 0.1) is 12.7 Å². The largest absolute Gasteiger partial charge is 0.598 e. The van der Waals surface area contributed by atoms with E-state index >= 15 is 0 Å². The molecule has 1 aromatic heterocycles. The molecule has 0 saturated carbocycles. The molecular formula is C18H23FN2O2S. The number of nitrogens with zero attached hydrogens (tertiary/aromatic N) is 1. The minimum absolute atomic E-state index is 0.365. The molecule has 0 fully saturated rings. The first-order valence-electron chi connectivity index (χ1n) is 7.75. The Kier molecular flexibility index (Phi) is 5.85. The van der Waals surface area contributed by atoms with Gasteiger partial charge in [-0.1, -0.05) is 0 Å². The first-order chi connectivity index (χ1) is 11.2. The molecule has 4 nitrogen and oxygen atoms in total. The van der Waals surface area contributed by atoms with Crippen LogP contribution in [0.5, 0.6) is 11.5 Å². The maximum Gasteiger partial charge on any atom is 0.145 e. The van der Waals surface area contributed by atoms with E-state index in [-0.39, 0.29) is 5.82 Å². The normalized spacial score (nSPS) is 14.3. The number of ether oxygens (including phenoxy) is 1. The van der Waals surface area contributed by atoms with Crippen molar-refractivity contribution >= 4 is 11.4 Å². The Bertz CT molecular complexity index is 686. The molecule has 0 unspecified atom stereocenters. The SMILES string of the molecule is Cc1ccc(Oc2ccc(F)c([C@H](C)N[S@+]([O-])C(C)(C)C)c2)cn1. The average molecular weight is 350 g/mol. The van der Waals surface area contributed by atoms with E-state index in [4.69, 9.17) is 4.74 Å². The van der Waals surface area contributed by atoms with E-state index < -0.39 is 22.2 Å². The van der Waals surface area contributed by atoms with E-state index in [9.17, 15) is 8.94 Å². The number of benzene rings is 1. The second kappa shape index (κ2) is 7.51. The van der Waals surface area contributed by atoms with Gasteiger partial charge in [0.2, 0.25) is 0 Å². The Morgan fingerprint density at radius 2 is 1.88 bits per heavy atom. The maximum atomic E-state index is 14.2. The molecule has 1 N–H and O–H groups in total. The fraction of sp³-hybridized carbons (Fsp3) is 0.389. The highest BCUT2D eigenvalue weighted by Crippen LogP contribution is 2.28. The Balaban J connectivity index is 2.17. The van der Waals surface area contributed by atoms with Gasteiger partial charge in [0.25, 0.3) is 0 Å². The van der Waals surface area contributed by atoms with Crippen LogP contribution in [0.3, 0.4) is 0 Å². The van der Waals surface area contributed by atoms with Gasteiger partial charge in [-0.2, -0.15) is 0 Å². The Labute approximate surface area is 145 Å². The molecule has 1 aromatic carbocycles. The molecule has 2 rings (SSSR count). The van der Waals surface area contributed by atoms with Crippen molar-refractivity contribution in [2.24, 2.45) is 0 Å². The van der Waals surface area contributed by atoms with Crippen molar-refractivity contribution in [1.82, 2.24) is 9.71 Å². The van der Waals surface area contributed by atoms with Gasteiger partial charge in [-0.05, 0) is 65.0 Å². The molecule has 0 aliphatic carbocycles. The average Bonchev–Trinajstić information content (AvgIpc) is 2.50. The van der Waals surface area contributed by atoms with Crippen molar-refractivity contribution in [3.8, 4) is 11.5 Å². The Morgan fingerprint density at radius 3 is 2.46 bits per heavy atom. The van der Waals surface area contributed by atoms with E-state index in [2.05, 4.69) is 9.71 Å². The third-order valence-corrected chi connectivity index (χ3v) is 5.07. The lowest BCUT2D eigenvalue weighted by molar-refractivity contribution is 0.473. The molecule has 0 bridgehead atoms. The summed E-state index contributed by atoms with van der Waals surface area (Å²) in [5.74, 6) is 0.722. The van der Waals surface area contributed by atoms with Gasteiger partial charge >= 0.3 is 0 Å². The number of aryl methyl sites for hydroxylation is 1. The number of halogens is 1. The van der Waals surface area contributed by atoms with E-state index in [1.807, 2.05) is 39.8 Å². The van der Waals surface area contributed by atoms with Crippen LogP contribution < -0.4 is 9.46 Å². The Morgan fingerprint density at radius 1 is 1.21 bits per heavy atom. The standard InChI is InChI=1S/C18H23FN2O2S/c1-12-6-7-15(11-20-12)23-14-8-9-17(19)16(10-14)13(2)21-24(22)18(3,4)5/h6-11,13,21H,1-5H3/t13-,24+/m0/s1. The van der Waals surface area contributed by atoms with Crippen molar-refractivity contribution in [1.29, 1.82) is 0 Å². The summed E-state index contributed by atoms with van der Waals surface area (Å²) in [6, 6.07) is 7.77. The molecule has 0 aliphatic rings. The summed E-state index contributed by atoms with van der Waals surface area (Å²) in [6.07, 6.45) is 1.62. The van der Waals surface area contributed by atoms with E-state index in [0.29, 0.717) is 17.1 Å². The van der Waals surface area contributed by atoms with Gasteiger partial charge in [0.05, 0.1) is 12.2 Å². The summed E-state index contributed by atoms with van der Waals surface area (Å²) in [5.41, 5.74) is 1.30. The molecule has 0 radical (unpaired) electrons. The van der Waals surface area contributed by atoms with Gasteiger partial charge < -0.3 is 9.29 Å². The molecule has 2 atom stereocenters. The monoisotopic (exact) mass is 350 g/mol. The second-order valence-corrected chi connectivity index (χ2v) is 8.64. The van der Waals surface area contributed by atoms with Crippen LogP contribution in [0.25, 0.3) is 0 Å². The maximum absolute atomic E-state index is 14.2. The summed E-state index contributed by atoms with van der Waals surface area (Å²) in [4.78, 5) is 4.17. The fourth-order valence-corrected chi connectivity index (χ4v) is 2.77. The molecule has 2 aromatic rings. The topological polar surface area (TPSA) is 57.2 Å². The van der Waals surface area contributed by atoms with Crippen molar-refractivity contribution in [3.05, 3.63) is 53.6 Å². The summed E-state index contributed by atoms with van der Waals surface area (Å²) in [6.45, 7) is 9.26. The highest BCUT2D eigenvalue weighted by atomic mass is 32.2. The van der Waals surface area contributed by atoms with Crippen LogP contribution in [0.4, 0.5) is 4.39 Å². The van der Waals surface area contributed by atoms with Crippen molar-refractivity contribution in [2.75, 3.05) is 0 Å². The summed E-state index contributed by atoms with van der Waals surface area (Å²) in [5, 5.41) is 0. The Hall–Kier alpha value is -1.63. The lowest BCUT2D eigenvalue weighted by atomic mass is 10.1. The molecule has 24 heavy (non-hydrogen) atoms. The first kappa shape index (κ1) is 18.7. The second-order valence-electron chi connectivity index (χ2n) is 6.64. The molecule has 0 aliphatic heterocycles. The lowest BCUT2D eigenvalue weighted by Crippen LogP contribution is -2.40. The molecule has 1 heterocycles. The van der Waals surface area contributed by atoms with E-state index in [0.717, 1.165) is 5.69 Å². The highest BCUT2D eigenvalue weighted by molar-refractivity contribution is 7.90. The third-order valence-electron chi connectivity index (χ3n) is 3.39. The number of hydrogen-bond donors (Lipinski definition) is 1. The summed E-state index contributed by atoms with van der Waals surface area (Å²) < 4.78 is 34.6. The van der Waals surface area contributed by atoms with Crippen LogP contribution in [-0.4, -0.2) is 14.3 Å². The molecule has 0 amide bonds. The van der Waals surface area contributed by atoms with Gasteiger partial charge in [-0.3, -0.25) is 4.98 Å². The molecule has 130 valence electrons.